The number of aryl methyl sites for hydroxylation is 1. The second kappa shape index (κ2) is 4.56. The molecule has 0 aliphatic carbocycles. The van der Waals surface area contributed by atoms with E-state index in [1.807, 2.05) is 25.1 Å². The Morgan fingerprint density at radius 3 is 2.42 bits per heavy atom. The summed E-state index contributed by atoms with van der Waals surface area (Å²) in [6, 6.07) is 16.4. The predicted molar refractivity (Wildman–Crippen MR) is 79.0 cm³/mol. The number of rotatable bonds is 2. The summed E-state index contributed by atoms with van der Waals surface area (Å²) in [5, 5.41) is 1.15. The van der Waals surface area contributed by atoms with E-state index in [4.69, 9.17) is 10.2 Å². The van der Waals surface area contributed by atoms with E-state index < -0.39 is 0 Å². The lowest BCUT2D eigenvalue weighted by molar-refractivity contribution is 0.510. The van der Waals surface area contributed by atoms with Crippen molar-refractivity contribution in [3.05, 3.63) is 59.9 Å². The zero-order chi connectivity index (χ0) is 13.4. The van der Waals surface area contributed by atoms with Gasteiger partial charge in [0.05, 0.1) is 6.04 Å². The third-order valence-electron chi connectivity index (χ3n) is 3.50. The highest BCUT2D eigenvalue weighted by Crippen LogP contribution is 2.35. The average molecular weight is 251 g/mol. The van der Waals surface area contributed by atoms with Gasteiger partial charge in [-0.05, 0) is 25.0 Å². The predicted octanol–water partition coefficient (Wildman–Crippen LogP) is 4.43. The van der Waals surface area contributed by atoms with Crippen molar-refractivity contribution in [3.8, 4) is 11.1 Å². The van der Waals surface area contributed by atoms with Crippen LogP contribution >= 0.6 is 0 Å². The van der Waals surface area contributed by atoms with E-state index in [1.165, 1.54) is 0 Å². The molecular weight excluding hydrogens is 234 g/mol. The van der Waals surface area contributed by atoms with Gasteiger partial charge >= 0.3 is 0 Å². The molecular formula is C17H17NO. The molecule has 0 saturated heterocycles. The second-order valence-corrected chi connectivity index (χ2v) is 4.93. The van der Waals surface area contributed by atoms with Crippen molar-refractivity contribution < 1.29 is 4.42 Å². The van der Waals surface area contributed by atoms with Crippen LogP contribution in [0.5, 0.6) is 0 Å². The monoisotopic (exact) mass is 251 g/mol. The van der Waals surface area contributed by atoms with Gasteiger partial charge in [-0.2, -0.15) is 0 Å². The minimum absolute atomic E-state index is 0.0870. The van der Waals surface area contributed by atoms with Crippen LogP contribution in [0, 0.1) is 6.92 Å². The van der Waals surface area contributed by atoms with Crippen molar-refractivity contribution in [1.29, 1.82) is 0 Å². The van der Waals surface area contributed by atoms with Crippen molar-refractivity contribution in [3.63, 3.8) is 0 Å². The maximum absolute atomic E-state index is 6.02. The highest BCUT2D eigenvalue weighted by atomic mass is 16.3. The minimum atomic E-state index is -0.0870. The molecule has 1 aromatic heterocycles. The lowest BCUT2D eigenvalue weighted by Gasteiger charge is -2.02. The molecule has 1 unspecified atom stereocenters. The van der Waals surface area contributed by atoms with E-state index in [-0.39, 0.29) is 6.04 Å². The fourth-order valence-corrected chi connectivity index (χ4v) is 2.54. The standard InChI is InChI=1S/C17H17NO/c1-11-14-9-6-10-15(13-7-4-3-5-8-13)17(14)19-16(11)12(2)18/h3-10,12H,18H2,1-2H3. The maximum atomic E-state index is 6.02. The van der Waals surface area contributed by atoms with E-state index in [2.05, 4.69) is 37.3 Å². The molecule has 0 amide bonds. The molecule has 2 nitrogen and oxygen atoms in total. The molecule has 1 heterocycles. The molecule has 3 rings (SSSR count). The number of fused-ring (bicyclic) bond motifs is 1. The number of furan rings is 1. The summed E-state index contributed by atoms with van der Waals surface area (Å²) in [5.74, 6) is 0.874. The van der Waals surface area contributed by atoms with Gasteiger partial charge in [-0.3, -0.25) is 0 Å². The zero-order valence-corrected chi connectivity index (χ0v) is 11.2. The molecule has 0 saturated carbocycles. The molecule has 3 aromatic rings. The molecule has 2 heteroatoms. The zero-order valence-electron chi connectivity index (χ0n) is 11.2. The number of para-hydroxylation sites is 1. The van der Waals surface area contributed by atoms with E-state index in [9.17, 15) is 0 Å². The van der Waals surface area contributed by atoms with Crippen LogP contribution in [0.15, 0.2) is 52.9 Å². The highest BCUT2D eigenvalue weighted by molar-refractivity contribution is 5.94. The Morgan fingerprint density at radius 2 is 1.74 bits per heavy atom. The Bertz CT molecular complexity index is 711. The molecule has 0 bridgehead atoms. The van der Waals surface area contributed by atoms with Crippen LogP contribution in [-0.4, -0.2) is 0 Å². The molecule has 0 fully saturated rings. The molecule has 2 aromatic carbocycles. The third-order valence-corrected chi connectivity index (χ3v) is 3.50. The van der Waals surface area contributed by atoms with Gasteiger partial charge in [0, 0.05) is 10.9 Å². The Kier molecular flexibility index (Phi) is 2.88. The first-order valence-corrected chi connectivity index (χ1v) is 6.51. The molecule has 0 radical (unpaired) electrons. The Hall–Kier alpha value is -2.06. The second-order valence-electron chi connectivity index (χ2n) is 4.93. The maximum Gasteiger partial charge on any atom is 0.142 e. The van der Waals surface area contributed by atoms with E-state index in [0.29, 0.717) is 0 Å². The number of benzene rings is 2. The van der Waals surface area contributed by atoms with Gasteiger partial charge < -0.3 is 10.2 Å². The fraction of sp³-hybridized carbons (Fsp3) is 0.176. The van der Waals surface area contributed by atoms with Gasteiger partial charge in [-0.1, -0.05) is 48.5 Å². The van der Waals surface area contributed by atoms with Crippen LogP contribution in [0.3, 0.4) is 0 Å². The fourth-order valence-electron chi connectivity index (χ4n) is 2.54. The normalized spacial score (nSPS) is 12.8. The topological polar surface area (TPSA) is 39.2 Å². The summed E-state index contributed by atoms with van der Waals surface area (Å²) in [6.45, 7) is 4.02. The first-order chi connectivity index (χ1) is 9.18. The summed E-state index contributed by atoms with van der Waals surface area (Å²) < 4.78 is 6.02. The van der Waals surface area contributed by atoms with Crippen molar-refractivity contribution >= 4 is 11.0 Å². The van der Waals surface area contributed by atoms with E-state index >= 15 is 0 Å². The first-order valence-electron chi connectivity index (χ1n) is 6.51. The van der Waals surface area contributed by atoms with Gasteiger partial charge in [0.1, 0.15) is 11.3 Å². The number of hydrogen-bond acceptors (Lipinski definition) is 2. The van der Waals surface area contributed by atoms with Gasteiger partial charge in [-0.15, -0.1) is 0 Å². The summed E-state index contributed by atoms with van der Waals surface area (Å²) in [5.41, 5.74) is 10.3. The number of nitrogens with two attached hydrogens (primary N) is 1. The molecule has 2 N–H and O–H groups in total. The lowest BCUT2D eigenvalue weighted by Crippen LogP contribution is -2.04. The third kappa shape index (κ3) is 1.94. The van der Waals surface area contributed by atoms with Crippen LogP contribution in [0.1, 0.15) is 24.3 Å². The van der Waals surface area contributed by atoms with E-state index in [0.717, 1.165) is 33.4 Å². The quantitative estimate of drug-likeness (QED) is 0.731. The van der Waals surface area contributed by atoms with Crippen LogP contribution in [-0.2, 0) is 0 Å². The molecule has 0 spiro atoms. The molecule has 96 valence electrons. The van der Waals surface area contributed by atoms with E-state index in [1.54, 1.807) is 0 Å². The van der Waals surface area contributed by atoms with Crippen molar-refractivity contribution in [1.82, 2.24) is 0 Å². The molecule has 19 heavy (non-hydrogen) atoms. The lowest BCUT2D eigenvalue weighted by atomic mass is 10.0. The first kappa shape index (κ1) is 12.0. The molecule has 0 aliphatic heterocycles. The van der Waals surface area contributed by atoms with Gasteiger partial charge in [0.2, 0.25) is 0 Å². The summed E-state index contributed by atoms with van der Waals surface area (Å²) >= 11 is 0. The average Bonchev–Trinajstić information content (AvgIpc) is 2.78. The van der Waals surface area contributed by atoms with Crippen LogP contribution in [0.25, 0.3) is 22.1 Å². The summed E-state index contributed by atoms with van der Waals surface area (Å²) in [7, 11) is 0. The van der Waals surface area contributed by atoms with Gasteiger partial charge in [0.25, 0.3) is 0 Å². The van der Waals surface area contributed by atoms with Gasteiger partial charge in [0.15, 0.2) is 0 Å². The van der Waals surface area contributed by atoms with Crippen molar-refractivity contribution in [2.24, 2.45) is 5.73 Å². The summed E-state index contributed by atoms with van der Waals surface area (Å²) in [6.07, 6.45) is 0. The van der Waals surface area contributed by atoms with Crippen molar-refractivity contribution in [2.75, 3.05) is 0 Å². The van der Waals surface area contributed by atoms with Gasteiger partial charge in [-0.25, -0.2) is 0 Å². The SMILES string of the molecule is Cc1c(C(C)N)oc2c(-c3ccccc3)cccc12. The smallest absolute Gasteiger partial charge is 0.142 e. The van der Waals surface area contributed by atoms with Crippen LogP contribution in [0.4, 0.5) is 0 Å². The van der Waals surface area contributed by atoms with Crippen LogP contribution in [0.2, 0.25) is 0 Å². The molecule has 0 aliphatic rings. The Labute approximate surface area is 112 Å². The highest BCUT2D eigenvalue weighted by Gasteiger charge is 2.16. The largest absolute Gasteiger partial charge is 0.458 e. The molecule has 1 atom stereocenters. The number of hydrogen-bond donors (Lipinski definition) is 1. The minimum Gasteiger partial charge on any atom is -0.458 e. The van der Waals surface area contributed by atoms with Crippen LogP contribution < -0.4 is 5.73 Å². The Balaban J connectivity index is 2.30. The Morgan fingerprint density at radius 1 is 1.00 bits per heavy atom. The van der Waals surface area contributed by atoms with Crippen molar-refractivity contribution in [2.45, 2.75) is 19.9 Å². The summed E-state index contributed by atoms with van der Waals surface area (Å²) in [4.78, 5) is 0.